The van der Waals surface area contributed by atoms with Crippen molar-refractivity contribution in [3.05, 3.63) is 42.2 Å². The van der Waals surface area contributed by atoms with Crippen molar-refractivity contribution in [1.82, 2.24) is 9.55 Å². The van der Waals surface area contributed by atoms with Crippen molar-refractivity contribution in [3.63, 3.8) is 0 Å². The van der Waals surface area contributed by atoms with Gasteiger partial charge in [-0.3, -0.25) is 0 Å². The Morgan fingerprint density at radius 2 is 2.33 bits per heavy atom. The summed E-state index contributed by atoms with van der Waals surface area (Å²) >= 11 is 0. The third-order valence-electron chi connectivity index (χ3n) is 3.18. The lowest BCUT2D eigenvalue weighted by molar-refractivity contribution is 0.339. The molecule has 0 aliphatic carbocycles. The molecule has 1 aromatic heterocycles. The van der Waals surface area contributed by atoms with Gasteiger partial charge in [0.25, 0.3) is 0 Å². The average molecular weight is 243 g/mol. The number of hydrogen-bond acceptors (Lipinski definition) is 3. The number of anilines is 1. The third kappa shape index (κ3) is 1.94. The Balaban J connectivity index is 1.80. The summed E-state index contributed by atoms with van der Waals surface area (Å²) in [5, 5.41) is 3.46. The molecule has 3 rings (SSSR count). The molecule has 2 aromatic rings. The van der Waals surface area contributed by atoms with E-state index in [0.29, 0.717) is 6.61 Å². The highest BCUT2D eigenvalue weighted by atomic mass is 16.5. The molecule has 1 N–H and O–H groups in total. The van der Waals surface area contributed by atoms with Crippen LogP contribution in [0.4, 0.5) is 5.95 Å². The fourth-order valence-corrected chi connectivity index (χ4v) is 2.31. The van der Waals surface area contributed by atoms with Crippen LogP contribution in [-0.4, -0.2) is 16.2 Å². The van der Waals surface area contributed by atoms with Gasteiger partial charge in [-0.15, -0.1) is 0 Å². The van der Waals surface area contributed by atoms with E-state index in [4.69, 9.17) is 4.74 Å². The summed E-state index contributed by atoms with van der Waals surface area (Å²) in [6, 6.07) is 8.35. The SMILES string of the molecule is CCCn1ccnc1NC1COc2ccccc21. The van der Waals surface area contributed by atoms with Crippen LogP contribution in [0.15, 0.2) is 36.7 Å². The zero-order valence-electron chi connectivity index (χ0n) is 10.5. The number of para-hydroxylation sites is 1. The van der Waals surface area contributed by atoms with Crippen LogP contribution in [0.25, 0.3) is 0 Å². The summed E-state index contributed by atoms with van der Waals surface area (Å²) in [7, 11) is 0. The standard InChI is InChI=1S/C14H17N3O/c1-2-8-17-9-7-15-14(17)16-12-10-18-13-6-4-3-5-11(12)13/h3-7,9,12H,2,8,10H2,1H3,(H,15,16). The lowest BCUT2D eigenvalue weighted by Gasteiger charge is -2.14. The summed E-state index contributed by atoms with van der Waals surface area (Å²) in [5.74, 6) is 1.89. The second kappa shape index (κ2) is 4.72. The van der Waals surface area contributed by atoms with Crippen molar-refractivity contribution in [2.24, 2.45) is 0 Å². The Bertz CT molecular complexity index is 535. The van der Waals surface area contributed by atoms with E-state index in [1.807, 2.05) is 30.6 Å². The Kier molecular flexibility index (Phi) is 2.92. The van der Waals surface area contributed by atoms with Gasteiger partial charge in [-0.1, -0.05) is 25.1 Å². The van der Waals surface area contributed by atoms with Crippen molar-refractivity contribution < 1.29 is 4.74 Å². The van der Waals surface area contributed by atoms with Crippen LogP contribution in [0.5, 0.6) is 5.75 Å². The largest absolute Gasteiger partial charge is 0.491 e. The van der Waals surface area contributed by atoms with Crippen molar-refractivity contribution >= 4 is 5.95 Å². The highest BCUT2D eigenvalue weighted by Gasteiger charge is 2.24. The van der Waals surface area contributed by atoms with Gasteiger partial charge in [0.15, 0.2) is 0 Å². The lowest BCUT2D eigenvalue weighted by Crippen LogP contribution is -2.15. The highest BCUT2D eigenvalue weighted by molar-refractivity contribution is 5.44. The van der Waals surface area contributed by atoms with E-state index in [1.165, 1.54) is 5.56 Å². The number of nitrogens with one attached hydrogen (secondary N) is 1. The summed E-state index contributed by atoms with van der Waals surface area (Å²) in [6.45, 7) is 3.81. The molecule has 0 bridgehead atoms. The minimum Gasteiger partial charge on any atom is -0.491 e. The van der Waals surface area contributed by atoms with Crippen molar-refractivity contribution in [2.75, 3.05) is 11.9 Å². The normalized spacial score (nSPS) is 17.3. The fraction of sp³-hybridized carbons (Fsp3) is 0.357. The van der Waals surface area contributed by atoms with Gasteiger partial charge in [0.2, 0.25) is 5.95 Å². The minimum atomic E-state index is 0.194. The highest BCUT2D eigenvalue weighted by Crippen LogP contribution is 2.33. The second-order valence-corrected chi connectivity index (χ2v) is 4.49. The first-order chi connectivity index (χ1) is 8.88. The molecule has 1 aliphatic rings. The Morgan fingerprint density at radius 3 is 3.22 bits per heavy atom. The Morgan fingerprint density at radius 1 is 1.44 bits per heavy atom. The van der Waals surface area contributed by atoms with Gasteiger partial charge in [-0.25, -0.2) is 4.98 Å². The number of aromatic nitrogens is 2. The number of ether oxygens (including phenoxy) is 1. The Labute approximate surface area is 107 Å². The quantitative estimate of drug-likeness (QED) is 0.897. The predicted octanol–water partition coefficient (Wildman–Crippen LogP) is 2.84. The molecule has 18 heavy (non-hydrogen) atoms. The van der Waals surface area contributed by atoms with Gasteiger partial charge < -0.3 is 14.6 Å². The smallest absolute Gasteiger partial charge is 0.203 e. The molecule has 0 fully saturated rings. The van der Waals surface area contributed by atoms with E-state index in [2.05, 4.69) is 27.9 Å². The number of imidazole rings is 1. The zero-order valence-corrected chi connectivity index (χ0v) is 10.5. The Hall–Kier alpha value is -1.97. The monoisotopic (exact) mass is 243 g/mol. The van der Waals surface area contributed by atoms with Crippen molar-refractivity contribution in [2.45, 2.75) is 25.9 Å². The summed E-state index contributed by atoms with van der Waals surface area (Å²) in [4.78, 5) is 4.37. The van der Waals surface area contributed by atoms with E-state index in [1.54, 1.807) is 0 Å². The van der Waals surface area contributed by atoms with E-state index < -0.39 is 0 Å². The fourth-order valence-electron chi connectivity index (χ4n) is 2.31. The number of hydrogen-bond donors (Lipinski definition) is 1. The third-order valence-corrected chi connectivity index (χ3v) is 3.18. The van der Waals surface area contributed by atoms with Gasteiger partial charge >= 0.3 is 0 Å². The van der Waals surface area contributed by atoms with Crippen LogP contribution in [0.3, 0.4) is 0 Å². The number of aryl methyl sites for hydroxylation is 1. The first kappa shape index (κ1) is 11.1. The molecule has 0 saturated heterocycles. The van der Waals surface area contributed by atoms with Crippen LogP contribution < -0.4 is 10.1 Å². The van der Waals surface area contributed by atoms with Crippen molar-refractivity contribution in [3.8, 4) is 5.75 Å². The molecule has 0 radical (unpaired) electrons. The number of rotatable bonds is 4. The van der Waals surface area contributed by atoms with Gasteiger partial charge in [0.05, 0.1) is 6.04 Å². The molecule has 0 amide bonds. The van der Waals surface area contributed by atoms with Crippen LogP contribution in [0, 0.1) is 0 Å². The molecule has 4 heteroatoms. The number of nitrogens with zero attached hydrogens (tertiary/aromatic N) is 2. The second-order valence-electron chi connectivity index (χ2n) is 4.49. The topological polar surface area (TPSA) is 39.1 Å². The maximum Gasteiger partial charge on any atom is 0.203 e. The first-order valence-corrected chi connectivity index (χ1v) is 6.38. The zero-order chi connectivity index (χ0) is 12.4. The molecule has 0 saturated carbocycles. The molecular formula is C14H17N3O. The van der Waals surface area contributed by atoms with E-state index in [0.717, 1.165) is 24.7 Å². The minimum absolute atomic E-state index is 0.194. The maximum atomic E-state index is 5.66. The summed E-state index contributed by atoms with van der Waals surface area (Å²) in [6.07, 6.45) is 4.94. The van der Waals surface area contributed by atoms with E-state index in [9.17, 15) is 0 Å². The molecule has 1 unspecified atom stereocenters. The molecule has 0 spiro atoms. The lowest BCUT2D eigenvalue weighted by atomic mass is 10.1. The molecule has 1 aromatic carbocycles. The van der Waals surface area contributed by atoms with Gasteiger partial charge in [-0.05, 0) is 12.5 Å². The molecule has 2 heterocycles. The first-order valence-electron chi connectivity index (χ1n) is 6.38. The van der Waals surface area contributed by atoms with Crippen LogP contribution in [-0.2, 0) is 6.54 Å². The van der Waals surface area contributed by atoms with Crippen LogP contribution >= 0.6 is 0 Å². The molecular weight excluding hydrogens is 226 g/mol. The predicted molar refractivity (Wildman–Crippen MR) is 70.8 cm³/mol. The van der Waals surface area contributed by atoms with Gasteiger partial charge in [0.1, 0.15) is 12.4 Å². The van der Waals surface area contributed by atoms with Gasteiger partial charge in [-0.2, -0.15) is 0 Å². The van der Waals surface area contributed by atoms with Gasteiger partial charge in [0, 0.05) is 24.5 Å². The van der Waals surface area contributed by atoms with E-state index in [-0.39, 0.29) is 6.04 Å². The maximum absolute atomic E-state index is 5.66. The number of benzene rings is 1. The molecule has 94 valence electrons. The van der Waals surface area contributed by atoms with Crippen LogP contribution in [0.1, 0.15) is 24.9 Å². The van der Waals surface area contributed by atoms with Crippen molar-refractivity contribution in [1.29, 1.82) is 0 Å². The summed E-state index contributed by atoms with van der Waals surface area (Å²) in [5.41, 5.74) is 1.21. The molecule has 1 atom stereocenters. The molecule has 1 aliphatic heterocycles. The number of fused-ring (bicyclic) bond motifs is 1. The molecule has 4 nitrogen and oxygen atoms in total. The van der Waals surface area contributed by atoms with Crippen LogP contribution in [0.2, 0.25) is 0 Å². The average Bonchev–Trinajstić information content (AvgIpc) is 2.99. The summed E-state index contributed by atoms with van der Waals surface area (Å²) < 4.78 is 7.80. The van der Waals surface area contributed by atoms with E-state index >= 15 is 0 Å².